The van der Waals surface area contributed by atoms with Crippen molar-refractivity contribution in [2.24, 2.45) is 5.92 Å². The van der Waals surface area contributed by atoms with Gasteiger partial charge in [-0.2, -0.15) is 0 Å². The van der Waals surface area contributed by atoms with Crippen molar-refractivity contribution in [1.29, 1.82) is 0 Å². The van der Waals surface area contributed by atoms with Crippen LogP contribution in [0.2, 0.25) is 0 Å². The molecule has 0 amide bonds. The van der Waals surface area contributed by atoms with Gasteiger partial charge in [-0.1, -0.05) is 45.2 Å². The summed E-state index contributed by atoms with van der Waals surface area (Å²) >= 11 is 0. The van der Waals surface area contributed by atoms with Crippen molar-refractivity contribution >= 4 is 5.97 Å². The zero-order chi connectivity index (χ0) is 17.9. The molecule has 4 nitrogen and oxygen atoms in total. The van der Waals surface area contributed by atoms with Crippen LogP contribution in [-0.2, 0) is 12.0 Å². The van der Waals surface area contributed by atoms with Crippen LogP contribution in [-0.4, -0.2) is 11.1 Å². The number of rotatable bonds is 6. The Morgan fingerprint density at radius 2 is 1.80 bits per heavy atom. The predicted molar refractivity (Wildman–Crippen MR) is 96.0 cm³/mol. The molecule has 1 N–H and O–H groups in total. The fraction of sp³-hybridized carbons (Fsp3) is 0.476. The molecule has 1 aromatic heterocycles. The summed E-state index contributed by atoms with van der Waals surface area (Å²) in [6.07, 6.45) is 6.69. The highest BCUT2D eigenvalue weighted by atomic mass is 16.5. The fourth-order valence-electron chi connectivity index (χ4n) is 3.77. The number of carbonyl (C=O) groups is 1. The van der Waals surface area contributed by atoms with E-state index in [1.807, 2.05) is 12.1 Å². The Bertz CT molecular complexity index is 706. The van der Waals surface area contributed by atoms with E-state index < -0.39 is 5.97 Å². The number of carboxylic acid groups (broad SMARTS) is 1. The van der Waals surface area contributed by atoms with Crippen molar-refractivity contribution in [3.05, 3.63) is 53.5 Å². The number of hydrogen-bond donors (Lipinski definition) is 1. The largest absolute Gasteiger partial charge is 0.486 e. The molecule has 1 aromatic carbocycles. The Balaban J connectivity index is 1.62. The second kappa shape index (κ2) is 7.34. The Labute approximate surface area is 148 Å². The lowest BCUT2D eigenvalue weighted by Gasteiger charge is -2.37. The van der Waals surface area contributed by atoms with Crippen LogP contribution in [0.25, 0.3) is 0 Å². The van der Waals surface area contributed by atoms with Gasteiger partial charge in [-0.3, -0.25) is 0 Å². The summed E-state index contributed by atoms with van der Waals surface area (Å²) in [4.78, 5) is 10.8. The van der Waals surface area contributed by atoms with Crippen LogP contribution < -0.4 is 4.74 Å². The van der Waals surface area contributed by atoms with Gasteiger partial charge in [0, 0.05) is 0 Å². The lowest BCUT2D eigenvalue weighted by molar-refractivity contribution is 0.0658. The lowest BCUT2D eigenvalue weighted by Crippen LogP contribution is -2.30. The molecule has 0 unspecified atom stereocenters. The summed E-state index contributed by atoms with van der Waals surface area (Å²) in [5.74, 6) is 0.870. The molecular weight excluding hydrogens is 316 g/mol. The van der Waals surface area contributed by atoms with Gasteiger partial charge < -0.3 is 14.3 Å². The summed E-state index contributed by atoms with van der Waals surface area (Å²) in [7, 11) is 0. The fourth-order valence-corrected chi connectivity index (χ4v) is 3.77. The highest BCUT2D eigenvalue weighted by Gasteiger charge is 2.32. The van der Waals surface area contributed by atoms with E-state index in [-0.39, 0.29) is 17.8 Å². The minimum Gasteiger partial charge on any atom is -0.486 e. The van der Waals surface area contributed by atoms with Gasteiger partial charge in [0.2, 0.25) is 5.76 Å². The zero-order valence-corrected chi connectivity index (χ0v) is 15.0. The Morgan fingerprint density at radius 1 is 1.12 bits per heavy atom. The number of furan rings is 1. The molecule has 25 heavy (non-hydrogen) atoms. The first kappa shape index (κ1) is 17.6. The number of aromatic carboxylic acids is 1. The molecule has 0 saturated heterocycles. The maximum Gasteiger partial charge on any atom is 0.371 e. The van der Waals surface area contributed by atoms with Gasteiger partial charge in [-0.15, -0.1) is 0 Å². The molecule has 1 fully saturated rings. The van der Waals surface area contributed by atoms with Crippen molar-refractivity contribution in [2.75, 3.05) is 0 Å². The smallest absolute Gasteiger partial charge is 0.371 e. The Kier molecular flexibility index (Phi) is 5.16. The minimum atomic E-state index is -1.07. The van der Waals surface area contributed by atoms with Crippen LogP contribution in [0.1, 0.15) is 67.8 Å². The second-order valence-corrected chi connectivity index (χ2v) is 7.44. The topological polar surface area (TPSA) is 59.7 Å². The maximum absolute atomic E-state index is 10.8. The average Bonchev–Trinajstić information content (AvgIpc) is 3.10. The molecule has 0 radical (unpaired) electrons. The first-order valence-corrected chi connectivity index (χ1v) is 9.02. The molecule has 3 rings (SSSR count). The Hall–Kier alpha value is -2.23. The van der Waals surface area contributed by atoms with Gasteiger partial charge in [-0.25, -0.2) is 4.79 Å². The minimum absolute atomic E-state index is 0.0665. The van der Waals surface area contributed by atoms with Crippen molar-refractivity contribution in [3.63, 3.8) is 0 Å². The van der Waals surface area contributed by atoms with Gasteiger partial charge in [-0.05, 0) is 54.0 Å². The van der Waals surface area contributed by atoms with Gasteiger partial charge in [0.1, 0.15) is 18.1 Å². The van der Waals surface area contributed by atoms with Gasteiger partial charge in [0.25, 0.3) is 0 Å². The maximum atomic E-state index is 10.8. The number of carboxylic acids is 1. The molecule has 1 saturated carbocycles. The monoisotopic (exact) mass is 342 g/mol. The molecule has 1 aliphatic carbocycles. The van der Waals surface area contributed by atoms with Crippen LogP contribution in [0.4, 0.5) is 0 Å². The van der Waals surface area contributed by atoms with Crippen molar-refractivity contribution in [3.8, 4) is 5.75 Å². The SMILES string of the molecule is CC(C)(c1ccc(OCc2ccc(C(=O)O)o2)cc1)C1CCCCC1. The van der Waals surface area contributed by atoms with Crippen LogP contribution in [0.5, 0.6) is 5.75 Å². The van der Waals surface area contributed by atoms with E-state index in [1.54, 1.807) is 6.07 Å². The first-order valence-electron chi connectivity index (χ1n) is 9.02. The predicted octanol–water partition coefficient (Wildman–Crippen LogP) is 5.41. The molecule has 1 heterocycles. The molecule has 0 atom stereocenters. The van der Waals surface area contributed by atoms with Crippen molar-refractivity contribution in [1.82, 2.24) is 0 Å². The van der Waals surface area contributed by atoms with Crippen molar-refractivity contribution in [2.45, 2.75) is 58.0 Å². The van der Waals surface area contributed by atoms with Crippen LogP contribution in [0.3, 0.4) is 0 Å². The molecule has 4 heteroatoms. The number of ether oxygens (including phenoxy) is 1. The molecule has 134 valence electrons. The van der Waals surface area contributed by atoms with E-state index in [2.05, 4.69) is 26.0 Å². The van der Waals surface area contributed by atoms with Gasteiger partial charge in [0.15, 0.2) is 0 Å². The quantitative estimate of drug-likeness (QED) is 0.762. The average molecular weight is 342 g/mol. The zero-order valence-electron chi connectivity index (χ0n) is 15.0. The summed E-state index contributed by atoms with van der Waals surface area (Å²) in [6.45, 7) is 4.91. The lowest BCUT2D eigenvalue weighted by atomic mass is 9.67. The molecule has 0 aliphatic heterocycles. The molecule has 2 aromatic rings. The summed E-state index contributed by atoms with van der Waals surface area (Å²) in [5, 5.41) is 8.86. The summed E-state index contributed by atoms with van der Waals surface area (Å²) in [5.41, 5.74) is 1.52. The third-order valence-corrected chi connectivity index (χ3v) is 5.48. The van der Waals surface area contributed by atoms with E-state index in [9.17, 15) is 4.79 Å². The van der Waals surface area contributed by atoms with Gasteiger partial charge in [0.05, 0.1) is 0 Å². The van der Waals surface area contributed by atoms with E-state index >= 15 is 0 Å². The molecule has 0 spiro atoms. The highest BCUT2D eigenvalue weighted by molar-refractivity contribution is 5.84. The second-order valence-electron chi connectivity index (χ2n) is 7.44. The standard InChI is InChI=1S/C21H26O4/c1-21(2,15-6-4-3-5-7-15)16-8-10-17(11-9-16)24-14-18-12-13-19(25-18)20(22)23/h8-13,15H,3-7,14H2,1-2H3,(H,22,23). The third-order valence-electron chi connectivity index (χ3n) is 5.48. The third kappa shape index (κ3) is 4.06. The molecule has 1 aliphatic rings. The molecular formula is C21H26O4. The van der Waals surface area contributed by atoms with Crippen LogP contribution in [0.15, 0.2) is 40.8 Å². The Morgan fingerprint density at radius 3 is 2.40 bits per heavy atom. The number of benzene rings is 1. The summed E-state index contributed by atoms with van der Waals surface area (Å²) < 4.78 is 10.9. The normalized spacial score (nSPS) is 15.9. The molecule has 0 bridgehead atoms. The van der Waals surface area contributed by atoms with E-state index in [4.69, 9.17) is 14.3 Å². The summed E-state index contributed by atoms with van der Waals surface area (Å²) in [6, 6.07) is 11.3. The van der Waals surface area contributed by atoms with Gasteiger partial charge >= 0.3 is 5.97 Å². The van der Waals surface area contributed by atoms with E-state index in [0.29, 0.717) is 5.76 Å². The first-order chi connectivity index (χ1) is 12.0. The van der Waals surface area contributed by atoms with Crippen molar-refractivity contribution < 1.29 is 19.1 Å². The highest BCUT2D eigenvalue weighted by Crippen LogP contribution is 2.41. The number of hydrogen-bond acceptors (Lipinski definition) is 3. The van der Waals surface area contributed by atoms with E-state index in [0.717, 1.165) is 11.7 Å². The van der Waals surface area contributed by atoms with Crippen LogP contribution in [0, 0.1) is 5.92 Å². The van der Waals surface area contributed by atoms with E-state index in [1.165, 1.54) is 43.7 Å². The van der Waals surface area contributed by atoms with Crippen LogP contribution >= 0.6 is 0 Å².